The molecule has 17 heavy (non-hydrogen) atoms. The summed E-state index contributed by atoms with van der Waals surface area (Å²) in [4.78, 5) is 18.7. The number of aromatic nitrogens is 2. The van der Waals surface area contributed by atoms with Crippen LogP contribution in [-0.2, 0) is 0 Å². The zero-order valence-corrected chi connectivity index (χ0v) is 11.0. The van der Waals surface area contributed by atoms with Gasteiger partial charge >= 0.3 is 0 Å². The normalized spacial score (nSPS) is 9.35. The Labute approximate surface area is 105 Å². The first-order valence-electron chi connectivity index (χ1n) is 5.49. The Hall–Kier alpha value is -1.55. The second kappa shape index (κ2) is 6.91. The Bertz CT molecular complexity index is 485. The molecule has 1 heterocycles. The van der Waals surface area contributed by atoms with Gasteiger partial charge in [-0.05, 0) is 18.4 Å². The summed E-state index contributed by atoms with van der Waals surface area (Å²) in [5.41, 5.74) is 1.60. The van der Waals surface area contributed by atoms with Gasteiger partial charge in [0.2, 0.25) is 0 Å². The summed E-state index contributed by atoms with van der Waals surface area (Å²) in [5, 5.41) is 0. The Morgan fingerprint density at radius 1 is 1.18 bits per heavy atom. The van der Waals surface area contributed by atoms with E-state index in [1.54, 1.807) is 18.0 Å². The van der Waals surface area contributed by atoms with E-state index in [0.717, 1.165) is 11.3 Å². The third kappa shape index (κ3) is 3.75. The fourth-order valence-electron chi connectivity index (χ4n) is 1.26. The minimum absolute atomic E-state index is 0.181. The Morgan fingerprint density at radius 2 is 1.82 bits per heavy atom. The summed E-state index contributed by atoms with van der Waals surface area (Å²) in [6.45, 7) is 4.00. The van der Waals surface area contributed by atoms with Gasteiger partial charge in [-0.2, -0.15) is 0 Å². The summed E-state index contributed by atoms with van der Waals surface area (Å²) in [6.07, 6.45) is 4.95. The molecule has 0 aliphatic carbocycles. The number of nitrogens with zero attached hydrogens (tertiary/aromatic N) is 1. The molecule has 0 saturated carbocycles. The third-order valence-electron chi connectivity index (χ3n) is 2.06. The quantitative estimate of drug-likeness (QED) is 0.830. The van der Waals surface area contributed by atoms with Crippen LogP contribution in [0.4, 0.5) is 0 Å². The molecule has 0 radical (unpaired) electrons. The first-order valence-corrected chi connectivity index (χ1v) is 6.71. The van der Waals surface area contributed by atoms with Crippen LogP contribution in [0.3, 0.4) is 0 Å². The lowest BCUT2D eigenvalue weighted by Crippen LogP contribution is -2.04. The van der Waals surface area contributed by atoms with Crippen LogP contribution in [-0.4, -0.2) is 16.2 Å². The topological polar surface area (TPSA) is 45.8 Å². The van der Waals surface area contributed by atoms with Gasteiger partial charge in [-0.1, -0.05) is 26.0 Å². The van der Waals surface area contributed by atoms with Crippen molar-refractivity contribution in [3.8, 4) is 11.3 Å². The number of aromatic amines is 1. The molecule has 90 valence electrons. The van der Waals surface area contributed by atoms with E-state index in [1.807, 2.05) is 44.4 Å². The second-order valence-electron chi connectivity index (χ2n) is 3.02. The Kier molecular flexibility index (Phi) is 5.49. The number of rotatable bonds is 2. The fraction of sp³-hybridized carbons (Fsp3) is 0.231. The summed E-state index contributed by atoms with van der Waals surface area (Å²) in [6, 6.07) is 8.05. The molecule has 0 amide bonds. The zero-order chi connectivity index (χ0) is 12.7. The standard InChI is InChI=1S/C11H10N2OS.C2H6/c1-15-9-4-2-8(3-5-9)10-6-13-11(14)7-12-10;1-2/h2-7H,1H3,(H,13,14);1-2H3. The molecule has 1 N–H and O–H groups in total. The van der Waals surface area contributed by atoms with E-state index in [-0.39, 0.29) is 5.56 Å². The van der Waals surface area contributed by atoms with Crippen molar-refractivity contribution in [2.24, 2.45) is 0 Å². The fourth-order valence-corrected chi connectivity index (χ4v) is 1.67. The van der Waals surface area contributed by atoms with Crippen LogP contribution in [0.5, 0.6) is 0 Å². The van der Waals surface area contributed by atoms with Gasteiger partial charge in [0.1, 0.15) is 0 Å². The third-order valence-corrected chi connectivity index (χ3v) is 2.80. The van der Waals surface area contributed by atoms with Crippen molar-refractivity contribution in [2.75, 3.05) is 6.26 Å². The first-order chi connectivity index (χ1) is 8.29. The van der Waals surface area contributed by atoms with Gasteiger partial charge in [0.25, 0.3) is 5.56 Å². The highest BCUT2D eigenvalue weighted by molar-refractivity contribution is 7.98. The Morgan fingerprint density at radius 3 is 2.29 bits per heavy atom. The molecule has 0 aliphatic rings. The van der Waals surface area contributed by atoms with E-state index in [4.69, 9.17) is 0 Å². The molecule has 3 nitrogen and oxygen atoms in total. The lowest BCUT2D eigenvalue weighted by molar-refractivity contribution is 1.14. The van der Waals surface area contributed by atoms with Crippen LogP contribution in [0.2, 0.25) is 0 Å². The van der Waals surface area contributed by atoms with Crippen molar-refractivity contribution >= 4 is 11.8 Å². The van der Waals surface area contributed by atoms with Crippen LogP contribution in [0.15, 0.2) is 46.3 Å². The summed E-state index contributed by atoms with van der Waals surface area (Å²) in [7, 11) is 0. The number of thioether (sulfide) groups is 1. The highest BCUT2D eigenvalue weighted by atomic mass is 32.2. The molecule has 1 aromatic carbocycles. The molecular weight excluding hydrogens is 232 g/mol. The predicted molar refractivity (Wildman–Crippen MR) is 73.4 cm³/mol. The highest BCUT2D eigenvalue weighted by Gasteiger charge is 1.98. The summed E-state index contributed by atoms with van der Waals surface area (Å²) >= 11 is 1.70. The molecule has 0 fully saturated rings. The van der Waals surface area contributed by atoms with Gasteiger partial charge in [-0.3, -0.25) is 4.79 Å². The van der Waals surface area contributed by atoms with Crippen molar-refractivity contribution in [2.45, 2.75) is 18.7 Å². The van der Waals surface area contributed by atoms with Crippen LogP contribution in [0, 0.1) is 0 Å². The van der Waals surface area contributed by atoms with Crippen molar-refractivity contribution < 1.29 is 0 Å². The molecule has 4 heteroatoms. The van der Waals surface area contributed by atoms with Crippen LogP contribution in [0.1, 0.15) is 13.8 Å². The molecule has 0 saturated heterocycles. The lowest BCUT2D eigenvalue weighted by atomic mass is 10.2. The van der Waals surface area contributed by atoms with Gasteiger partial charge in [0.05, 0.1) is 11.9 Å². The van der Waals surface area contributed by atoms with Crippen molar-refractivity contribution in [3.63, 3.8) is 0 Å². The minimum Gasteiger partial charge on any atom is -0.326 e. The zero-order valence-electron chi connectivity index (χ0n) is 10.2. The number of hydrogen-bond donors (Lipinski definition) is 1. The first kappa shape index (κ1) is 13.5. The number of hydrogen-bond acceptors (Lipinski definition) is 3. The SMILES string of the molecule is CC.CSc1ccc(-c2c[nH]c(=O)cn2)cc1. The van der Waals surface area contributed by atoms with E-state index in [0.29, 0.717) is 0 Å². The van der Waals surface area contributed by atoms with E-state index < -0.39 is 0 Å². The maximum atomic E-state index is 10.8. The minimum atomic E-state index is -0.181. The monoisotopic (exact) mass is 248 g/mol. The highest BCUT2D eigenvalue weighted by Crippen LogP contribution is 2.20. The smallest absolute Gasteiger partial charge is 0.266 e. The molecule has 0 spiro atoms. The molecule has 0 bridgehead atoms. The number of benzene rings is 1. The Balaban J connectivity index is 0.000000686. The van der Waals surface area contributed by atoms with Crippen LogP contribution in [0.25, 0.3) is 11.3 Å². The molecule has 0 unspecified atom stereocenters. The maximum Gasteiger partial charge on any atom is 0.266 e. The van der Waals surface area contributed by atoms with Gasteiger partial charge < -0.3 is 4.98 Å². The average molecular weight is 248 g/mol. The second-order valence-corrected chi connectivity index (χ2v) is 3.90. The predicted octanol–water partition coefficient (Wildman–Crippen LogP) is 3.19. The van der Waals surface area contributed by atoms with Crippen molar-refractivity contribution in [1.29, 1.82) is 0 Å². The van der Waals surface area contributed by atoms with E-state index in [2.05, 4.69) is 9.97 Å². The molecule has 2 aromatic rings. The average Bonchev–Trinajstić information content (AvgIpc) is 2.42. The van der Waals surface area contributed by atoms with Gasteiger partial charge in [0, 0.05) is 16.7 Å². The number of H-pyrrole nitrogens is 1. The molecule has 1 aromatic heterocycles. The van der Waals surface area contributed by atoms with Gasteiger partial charge in [-0.25, -0.2) is 4.98 Å². The van der Waals surface area contributed by atoms with Gasteiger partial charge in [-0.15, -0.1) is 11.8 Å². The van der Waals surface area contributed by atoms with Crippen LogP contribution >= 0.6 is 11.8 Å². The maximum absolute atomic E-state index is 10.8. The van der Waals surface area contributed by atoms with E-state index in [1.165, 1.54) is 11.1 Å². The lowest BCUT2D eigenvalue weighted by Gasteiger charge is -2.00. The molecule has 0 atom stereocenters. The number of nitrogens with one attached hydrogen (secondary N) is 1. The molecule has 2 rings (SSSR count). The largest absolute Gasteiger partial charge is 0.326 e. The van der Waals surface area contributed by atoms with Crippen molar-refractivity contribution in [1.82, 2.24) is 9.97 Å². The van der Waals surface area contributed by atoms with E-state index >= 15 is 0 Å². The van der Waals surface area contributed by atoms with Gasteiger partial charge in [0.15, 0.2) is 0 Å². The molecular formula is C13H16N2OS. The summed E-state index contributed by atoms with van der Waals surface area (Å²) < 4.78 is 0. The van der Waals surface area contributed by atoms with Crippen molar-refractivity contribution in [3.05, 3.63) is 47.0 Å². The van der Waals surface area contributed by atoms with Crippen LogP contribution < -0.4 is 5.56 Å². The molecule has 0 aliphatic heterocycles. The van der Waals surface area contributed by atoms with E-state index in [9.17, 15) is 4.79 Å². The summed E-state index contributed by atoms with van der Waals surface area (Å²) in [5.74, 6) is 0.